The molecule has 0 N–H and O–H groups in total. The third-order valence-corrected chi connectivity index (χ3v) is 5.71. The van der Waals surface area contributed by atoms with E-state index < -0.39 is 16.0 Å². The van der Waals surface area contributed by atoms with Crippen LogP contribution in [-0.4, -0.2) is 63.5 Å². The van der Waals surface area contributed by atoms with Crippen LogP contribution in [0.4, 0.5) is 0 Å². The second kappa shape index (κ2) is 8.41. The molecule has 1 aliphatic rings. The monoisotopic (exact) mass is 370 g/mol. The maximum atomic E-state index is 12.1. The smallest absolute Gasteiger partial charge is 0.338 e. The van der Waals surface area contributed by atoms with Crippen molar-refractivity contribution >= 4 is 21.9 Å². The van der Waals surface area contributed by atoms with Crippen LogP contribution in [0.3, 0.4) is 0 Å². The Morgan fingerprint density at radius 2 is 1.72 bits per heavy atom. The van der Waals surface area contributed by atoms with E-state index in [1.807, 2.05) is 0 Å². The molecule has 1 heterocycles. The second-order valence-corrected chi connectivity index (χ2v) is 7.58. The van der Waals surface area contributed by atoms with Gasteiger partial charge in [-0.2, -0.15) is 0 Å². The van der Waals surface area contributed by atoms with Gasteiger partial charge in [-0.1, -0.05) is 4.47 Å². The number of carbonyl (C=O) groups is 2. The molecule has 0 unspecified atom stereocenters. The first-order valence-electron chi connectivity index (χ1n) is 7.94. The van der Waals surface area contributed by atoms with Gasteiger partial charge in [-0.05, 0) is 43.5 Å². The van der Waals surface area contributed by atoms with Gasteiger partial charge in [0.25, 0.3) is 15.9 Å². The third kappa shape index (κ3) is 4.77. The van der Waals surface area contributed by atoms with E-state index in [0.717, 1.165) is 23.7 Å². The van der Waals surface area contributed by atoms with Gasteiger partial charge in [0.1, 0.15) is 0 Å². The molecule has 0 spiro atoms. The summed E-state index contributed by atoms with van der Waals surface area (Å²) in [6.07, 6.45) is 3.04. The molecule has 0 aliphatic carbocycles. The largest absolute Gasteiger partial charge is 0.452 e. The number of carbonyl (C=O) groups excluding carboxylic acids is 2. The highest BCUT2D eigenvalue weighted by Gasteiger charge is 2.22. The minimum Gasteiger partial charge on any atom is -0.452 e. The molecule has 1 aliphatic heterocycles. The van der Waals surface area contributed by atoms with E-state index in [2.05, 4.69) is 4.84 Å². The van der Waals surface area contributed by atoms with Gasteiger partial charge in [0.15, 0.2) is 6.61 Å². The summed E-state index contributed by atoms with van der Waals surface area (Å²) >= 11 is 0. The fraction of sp³-hybridized carbons (Fsp3) is 0.500. The van der Waals surface area contributed by atoms with Crippen LogP contribution in [0, 0.1) is 0 Å². The molecule has 1 fully saturated rings. The van der Waals surface area contributed by atoms with Gasteiger partial charge in [-0.25, -0.2) is 13.2 Å². The van der Waals surface area contributed by atoms with Gasteiger partial charge in [-0.3, -0.25) is 9.63 Å². The predicted molar refractivity (Wildman–Crippen MR) is 89.1 cm³/mol. The van der Waals surface area contributed by atoms with E-state index in [1.54, 1.807) is 4.90 Å². The zero-order valence-electron chi connectivity index (χ0n) is 14.3. The number of piperidine rings is 1. The molecule has 1 aromatic rings. The van der Waals surface area contributed by atoms with Crippen molar-refractivity contribution in [1.82, 2.24) is 9.37 Å². The van der Waals surface area contributed by atoms with Crippen LogP contribution in [0.25, 0.3) is 0 Å². The summed E-state index contributed by atoms with van der Waals surface area (Å²) in [4.78, 5) is 30.3. The van der Waals surface area contributed by atoms with Gasteiger partial charge in [-0.15, -0.1) is 0 Å². The Balaban J connectivity index is 1.95. The number of hydrogen-bond acceptors (Lipinski definition) is 6. The van der Waals surface area contributed by atoms with Crippen molar-refractivity contribution in [2.45, 2.75) is 24.2 Å². The maximum absolute atomic E-state index is 12.1. The van der Waals surface area contributed by atoms with Gasteiger partial charge in [0.2, 0.25) is 0 Å². The molecule has 1 amide bonds. The van der Waals surface area contributed by atoms with Crippen LogP contribution < -0.4 is 0 Å². The summed E-state index contributed by atoms with van der Waals surface area (Å²) in [6.45, 7) is 1.07. The zero-order chi connectivity index (χ0) is 18.4. The van der Waals surface area contributed by atoms with Crippen LogP contribution in [-0.2, 0) is 24.4 Å². The molecule has 1 saturated heterocycles. The fourth-order valence-corrected chi connectivity index (χ4v) is 3.43. The molecule has 9 heteroatoms. The number of hydrogen-bond donors (Lipinski definition) is 0. The van der Waals surface area contributed by atoms with Gasteiger partial charge < -0.3 is 9.64 Å². The van der Waals surface area contributed by atoms with E-state index >= 15 is 0 Å². The van der Waals surface area contributed by atoms with Crippen LogP contribution >= 0.6 is 0 Å². The molecule has 1 aromatic carbocycles. The van der Waals surface area contributed by atoms with Gasteiger partial charge >= 0.3 is 5.97 Å². The first-order chi connectivity index (χ1) is 11.9. The molecule has 0 atom stereocenters. The van der Waals surface area contributed by atoms with E-state index in [9.17, 15) is 18.0 Å². The highest BCUT2D eigenvalue weighted by Crippen LogP contribution is 2.16. The number of likely N-dealkylation sites (tertiary alicyclic amines) is 1. The molecular weight excluding hydrogens is 348 g/mol. The highest BCUT2D eigenvalue weighted by atomic mass is 32.2. The number of esters is 1. The molecule has 0 radical (unpaired) electrons. The molecule has 25 heavy (non-hydrogen) atoms. The summed E-state index contributed by atoms with van der Waals surface area (Å²) in [5.41, 5.74) is 0.172. The Morgan fingerprint density at radius 1 is 1.12 bits per heavy atom. The van der Waals surface area contributed by atoms with E-state index in [1.165, 1.54) is 38.4 Å². The van der Waals surface area contributed by atoms with Crippen molar-refractivity contribution in [2.24, 2.45) is 0 Å². The summed E-state index contributed by atoms with van der Waals surface area (Å²) < 4.78 is 29.9. The SMILES string of the molecule is CON(C)S(=O)(=O)c1ccc(C(=O)OCC(=O)N2CCCCC2)cc1. The molecule has 8 nitrogen and oxygen atoms in total. The van der Waals surface area contributed by atoms with E-state index in [0.29, 0.717) is 13.1 Å². The number of ether oxygens (including phenoxy) is 1. The number of nitrogens with zero attached hydrogens (tertiary/aromatic N) is 2. The van der Waals surface area contributed by atoms with Gasteiger partial charge in [0, 0.05) is 20.1 Å². The van der Waals surface area contributed by atoms with Crippen molar-refractivity contribution in [2.75, 3.05) is 33.9 Å². The van der Waals surface area contributed by atoms with Crippen molar-refractivity contribution < 1.29 is 27.6 Å². The normalized spacial score (nSPS) is 15.2. The van der Waals surface area contributed by atoms with Gasteiger partial charge in [0.05, 0.1) is 17.6 Å². The molecule has 0 aromatic heterocycles. The van der Waals surface area contributed by atoms with Crippen LogP contribution in [0.15, 0.2) is 29.2 Å². The van der Waals surface area contributed by atoms with Crippen molar-refractivity contribution in [3.8, 4) is 0 Å². The Labute approximate surface area is 147 Å². The molecular formula is C16H22N2O6S. The summed E-state index contributed by atoms with van der Waals surface area (Å²) in [5, 5.41) is 0. The first-order valence-corrected chi connectivity index (χ1v) is 9.38. The van der Waals surface area contributed by atoms with Crippen molar-refractivity contribution in [1.29, 1.82) is 0 Å². The Morgan fingerprint density at radius 3 is 2.28 bits per heavy atom. The van der Waals surface area contributed by atoms with Crippen LogP contribution in [0.2, 0.25) is 0 Å². The summed E-state index contributed by atoms with van der Waals surface area (Å²) in [7, 11) is -1.27. The molecule has 0 saturated carbocycles. The maximum Gasteiger partial charge on any atom is 0.338 e. The fourth-order valence-electron chi connectivity index (χ4n) is 2.45. The lowest BCUT2D eigenvalue weighted by atomic mass is 10.1. The minimum absolute atomic E-state index is 0.0159. The quantitative estimate of drug-likeness (QED) is 0.549. The minimum atomic E-state index is -3.77. The topological polar surface area (TPSA) is 93.2 Å². The third-order valence-electron chi connectivity index (χ3n) is 4.02. The van der Waals surface area contributed by atoms with E-state index in [-0.39, 0.29) is 23.0 Å². The second-order valence-electron chi connectivity index (χ2n) is 5.64. The lowest BCUT2D eigenvalue weighted by Crippen LogP contribution is -2.38. The summed E-state index contributed by atoms with van der Waals surface area (Å²) in [6, 6.07) is 5.25. The van der Waals surface area contributed by atoms with E-state index in [4.69, 9.17) is 4.74 Å². The number of rotatable bonds is 6. The number of sulfonamides is 1. The zero-order valence-corrected chi connectivity index (χ0v) is 15.1. The number of hydroxylamine groups is 1. The standard InChI is InChI=1S/C16H22N2O6S/c1-17(23-2)25(21,22)14-8-6-13(7-9-14)16(20)24-12-15(19)18-10-4-3-5-11-18/h6-9H,3-5,10-12H2,1-2H3. The Kier molecular flexibility index (Phi) is 6.51. The van der Waals surface area contributed by atoms with Crippen molar-refractivity contribution in [3.05, 3.63) is 29.8 Å². The van der Waals surface area contributed by atoms with Crippen LogP contribution in [0.1, 0.15) is 29.6 Å². The molecule has 0 bridgehead atoms. The highest BCUT2D eigenvalue weighted by molar-refractivity contribution is 7.89. The average molecular weight is 370 g/mol. The molecule has 2 rings (SSSR count). The lowest BCUT2D eigenvalue weighted by Gasteiger charge is -2.26. The van der Waals surface area contributed by atoms with Crippen LogP contribution in [0.5, 0.6) is 0 Å². The number of amides is 1. The Hall–Kier alpha value is -1.97. The first kappa shape index (κ1) is 19.4. The molecule has 138 valence electrons. The predicted octanol–water partition coefficient (Wildman–Crippen LogP) is 1.04. The number of benzene rings is 1. The summed E-state index contributed by atoms with van der Waals surface area (Å²) in [5.74, 6) is -0.886. The lowest BCUT2D eigenvalue weighted by molar-refractivity contribution is -0.135. The Bertz CT molecular complexity index is 711. The van der Waals surface area contributed by atoms with Crippen molar-refractivity contribution in [3.63, 3.8) is 0 Å². The average Bonchev–Trinajstić information content (AvgIpc) is 2.65.